The molecule has 9 heteroatoms. The second kappa shape index (κ2) is 7.58. The van der Waals surface area contributed by atoms with Crippen molar-refractivity contribution < 1.29 is 14.0 Å². The third kappa shape index (κ3) is 3.61. The van der Waals surface area contributed by atoms with Crippen LogP contribution in [0.4, 0.5) is 0 Å². The fourth-order valence-electron chi connectivity index (χ4n) is 3.87. The van der Waals surface area contributed by atoms with E-state index in [0.717, 1.165) is 12.0 Å². The number of hydrogen-bond acceptors (Lipinski definition) is 7. The van der Waals surface area contributed by atoms with Crippen LogP contribution in [0.5, 0.6) is 0 Å². The Bertz CT molecular complexity index is 1030. The van der Waals surface area contributed by atoms with Crippen molar-refractivity contribution in [1.29, 1.82) is 10.8 Å². The number of amidine groups is 2. The van der Waals surface area contributed by atoms with Crippen LogP contribution in [0.25, 0.3) is 17.0 Å². The molecule has 3 heterocycles. The Hall–Kier alpha value is -3.75. The fourth-order valence-corrected chi connectivity index (χ4v) is 3.87. The molecule has 2 unspecified atom stereocenters. The van der Waals surface area contributed by atoms with Crippen molar-refractivity contribution in [3.05, 3.63) is 53.9 Å². The van der Waals surface area contributed by atoms with Gasteiger partial charge in [-0.05, 0) is 25.0 Å². The highest BCUT2D eigenvalue weighted by Gasteiger charge is 2.41. The zero-order valence-electron chi connectivity index (χ0n) is 16.6. The summed E-state index contributed by atoms with van der Waals surface area (Å²) in [6.07, 6.45) is 3.20. The standard InChI is InChI=1S/C21H24N6O3/c1-12(28)30-27-16(11-26-10-15(21(24)25)6-9-19(26)27)18-8-7-17(29-18)13-2-4-14(5-3-13)20(22)23/h2-5,7-8,11,15,19H,6,9-10H2,1H3,(H3,22,23)(H3,24,25). The van der Waals surface area contributed by atoms with Gasteiger partial charge in [-0.25, -0.2) is 0 Å². The molecule has 0 bridgehead atoms. The minimum atomic E-state index is -0.414. The van der Waals surface area contributed by atoms with E-state index in [4.69, 9.17) is 31.5 Å². The number of rotatable bonds is 5. The van der Waals surface area contributed by atoms with Gasteiger partial charge in [0.1, 0.15) is 23.5 Å². The molecule has 1 saturated heterocycles. The van der Waals surface area contributed by atoms with Gasteiger partial charge in [-0.3, -0.25) is 15.6 Å². The first-order chi connectivity index (χ1) is 14.3. The minimum absolute atomic E-state index is 0.00957. The van der Waals surface area contributed by atoms with Gasteiger partial charge in [-0.15, -0.1) is 0 Å². The highest BCUT2D eigenvalue weighted by Crippen LogP contribution is 2.38. The normalized spacial score (nSPS) is 20.5. The molecule has 1 aromatic carbocycles. The van der Waals surface area contributed by atoms with Crippen molar-refractivity contribution in [1.82, 2.24) is 9.96 Å². The summed E-state index contributed by atoms with van der Waals surface area (Å²) in [5, 5.41) is 16.8. The number of nitrogens with zero attached hydrogens (tertiary/aromatic N) is 2. The van der Waals surface area contributed by atoms with E-state index in [1.165, 1.54) is 6.92 Å². The molecule has 6 N–H and O–H groups in total. The average molecular weight is 408 g/mol. The number of fused-ring (bicyclic) bond motifs is 1. The average Bonchev–Trinajstić information content (AvgIpc) is 3.32. The Morgan fingerprint density at radius 3 is 2.43 bits per heavy atom. The van der Waals surface area contributed by atoms with Crippen LogP contribution in [-0.4, -0.2) is 40.3 Å². The summed E-state index contributed by atoms with van der Waals surface area (Å²) in [6.45, 7) is 1.95. The Labute approximate surface area is 173 Å². The number of hydroxylamine groups is 2. The van der Waals surface area contributed by atoms with Crippen molar-refractivity contribution in [2.75, 3.05) is 6.54 Å². The summed E-state index contributed by atoms with van der Waals surface area (Å²) in [5.74, 6) is 0.955. The molecule has 1 fully saturated rings. The maximum Gasteiger partial charge on any atom is 0.329 e. The molecule has 2 aliphatic heterocycles. The number of carbonyl (C=O) groups excluding carboxylic acids is 1. The third-order valence-electron chi connectivity index (χ3n) is 5.39. The van der Waals surface area contributed by atoms with E-state index in [1.807, 2.05) is 35.4 Å². The molecular formula is C21H24N6O3. The van der Waals surface area contributed by atoms with Crippen molar-refractivity contribution in [2.24, 2.45) is 17.4 Å². The largest absolute Gasteiger partial charge is 0.454 e. The van der Waals surface area contributed by atoms with E-state index in [-0.39, 0.29) is 23.8 Å². The van der Waals surface area contributed by atoms with Gasteiger partial charge < -0.3 is 25.6 Å². The van der Waals surface area contributed by atoms with Crippen LogP contribution in [0.3, 0.4) is 0 Å². The minimum Gasteiger partial charge on any atom is -0.454 e. The summed E-state index contributed by atoms with van der Waals surface area (Å²) in [4.78, 5) is 19.3. The lowest BCUT2D eigenvalue weighted by molar-refractivity contribution is -0.189. The lowest BCUT2D eigenvalue weighted by Crippen LogP contribution is -2.48. The van der Waals surface area contributed by atoms with Crippen molar-refractivity contribution in [3.8, 4) is 11.3 Å². The van der Waals surface area contributed by atoms with Crippen molar-refractivity contribution >= 4 is 23.3 Å². The van der Waals surface area contributed by atoms with Gasteiger partial charge >= 0.3 is 5.97 Å². The van der Waals surface area contributed by atoms with E-state index in [2.05, 4.69) is 0 Å². The zero-order valence-corrected chi connectivity index (χ0v) is 16.6. The first kappa shape index (κ1) is 19.6. The maximum absolute atomic E-state index is 11.7. The molecule has 0 spiro atoms. The predicted octanol–water partition coefficient (Wildman–Crippen LogP) is 2.30. The topological polar surface area (TPSA) is 146 Å². The molecular weight excluding hydrogens is 384 g/mol. The molecule has 0 saturated carbocycles. The second-order valence-corrected chi connectivity index (χ2v) is 7.48. The molecule has 30 heavy (non-hydrogen) atoms. The lowest BCUT2D eigenvalue weighted by atomic mass is 9.96. The molecule has 4 rings (SSSR count). The van der Waals surface area contributed by atoms with Crippen LogP contribution in [0.2, 0.25) is 0 Å². The Morgan fingerprint density at radius 2 is 1.80 bits per heavy atom. The van der Waals surface area contributed by atoms with Gasteiger partial charge in [0.05, 0.1) is 5.84 Å². The Balaban J connectivity index is 1.62. The van der Waals surface area contributed by atoms with Crippen LogP contribution >= 0.6 is 0 Å². The zero-order chi connectivity index (χ0) is 21.4. The number of nitrogen functional groups attached to an aromatic ring is 1. The summed E-state index contributed by atoms with van der Waals surface area (Å²) in [7, 11) is 0. The molecule has 2 aliphatic rings. The number of nitrogens with two attached hydrogens (primary N) is 2. The fraction of sp³-hybridized carbons (Fsp3) is 0.286. The molecule has 156 valence electrons. The van der Waals surface area contributed by atoms with Crippen molar-refractivity contribution in [3.63, 3.8) is 0 Å². The third-order valence-corrected chi connectivity index (χ3v) is 5.39. The highest BCUT2D eigenvalue weighted by molar-refractivity contribution is 5.95. The van der Waals surface area contributed by atoms with Crippen LogP contribution in [0.1, 0.15) is 31.1 Å². The van der Waals surface area contributed by atoms with Gasteiger partial charge in [-0.2, -0.15) is 5.06 Å². The summed E-state index contributed by atoms with van der Waals surface area (Å²) in [6, 6.07) is 10.9. The number of piperidine rings is 1. The van der Waals surface area contributed by atoms with Crippen LogP contribution in [-0.2, 0) is 9.63 Å². The molecule has 0 radical (unpaired) electrons. The number of carbonyl (C=O) groups is 1. The molecule has 2 atom stereocenters. The lowest BCUT2D eigenvalue weighted by Gasteiger charge is -2.38. The van der Waals surface area contributed by atoms with E-state index in [1.54, 1.807) is 17.2 Å². The first-order valence-electron chi connectivity index (χ1n) is 9.67. The van der Waals surface area contributed by atoms with Gasteiger partial charge in [0.25, 0.3) is 0 Å². The number of hydrogen-bond donors (Lipinski definition) is 4. The van der Waals surface area contributed by atoms with E-state index in [9.17, 15) is 4.79 Å². The molecule has 1 aromatic heterocycles. The maximum atomic E-state index is 11.7. The Morgan fingerprint density at radius 1 is 1.10 bits per heavy atom. The number of furan rings is 1. The molecule has 0 aliphatic carbocycles. The SMILES string of the molecule is CC(=O)ON1C(c2ccc(-c3ccc(C(=N)N)cc3)o2)=CN2CC(C(=N)N)CCC21. The van der Waals surface area contributed by atoms with Crippen LogP contribution < -0.4 is 11.5 Å². The molecule has 0 amide bonds. The van der Waals surface area contributed by atoms with Gasteiger partial charge in [0.2, 0.25) is 0 Å². The van der Waals surface area contributed by atoms with Crippen molar-refractivity contribution in [2.45, 2.75) is 25.9 Å². The highest BCUT2D eigenvalue weighted by atomic mass is 16.7. The van der Waals surface area contributed by atoms with Crippen LogP contribution in [0, 0.1) is 16.7 Å². The predicted molar refractivity (Wildman–Crippen MR) is 112 cm³/mol. The van der Waals surface area contributed by atoms with E-state index >= 15 is 0 Å². The number of benzene rings is 1. The summed E-state index contributed by atoms with van der Waals surface area (Å²) in [5.41, 5.74) is 13.3. The number of nitrogens with one attached hydrogen (secondary N) is 2. The van der Waals surface area contributed by atoms with Gasteiger partial charge in [0, 0.05) is 36.7 Å². The summed E-state index contributed by atoms with van der Waals surface area (Å²) >= 11 is 0. The monoisotopic (exact) mass is 408 g/mol. The molecule has 9 nitrogen and oxygen atoms in total. The van der Waals surface area contributed by atoms with Gasteiger partial charge in [-0.1, -0.05) is 24.3 Å². The van der Waals surface area contributed by atoms with Gasteiger partial charge in [0.15, 0.2) is 5.76 Å². The van der Waals surface area contributed by atoms with E-state index < -0.39 is 5.97 Å². The Kier molecular flexibility index (Phi) is 4.94. The van der Waals surface area contributed by atoms with E-state index in [0.29, 0.717) is 35.7 Å². The smallest absolute Gasteiger partial charge is 0.329 e. The van der Waals surface area contributed by atoms with Crippen LogP contribution in [0.15, 0.2) is 47.0 Å². The quantitative estimate of drug-likeness (QED) is 0.438. The second-order valence-electron chi connectivity index (χ2n) is 7.48. The summed E-state index contributed by atoms with van der Waals surface area (Å²) < 4.78 is 6.07. The molecule has 2 aromatic rings. The first-order valence-corrected chi connectivity index (χ1v) is 9.67.